The minimum Gasteiger partial charge on any atom is -0.441 e. The zero-order valence-corrected chi connectivity index (χ0v) is 21.1. The molecule has 1 amide bonds. The van der Waals surface area contributed by atoms with Crippen LogP contribution in [0.15, 0.2) is 48.1 Å². The molecular weight excluding hydrogens is 472 g/mol. The van der Waals surface area contributed by atoms with Crippen LogP contribution in [-0.4, -0.2) is 46.2 Å². The minimum atomic E-state index is -1.71. The first-order valence-electron chi connectivity index (χ1n) is 12.8. The van der Waals surface area contributed by atoms with Crippen molar-refractivity contribution in [3.05, 3.63) is 53.6 Å². The number of anilines is 1. The molecule has 37 heavy (non-hydrogen) atoms. The number of nitrogens with one attached hydrogen (secondary N) is 1. The Morgan fingerprint density at radius 2 is 1.95 bits per heavy atom. The lowest BCUT2D eigenvalue weighted by molar-refractivity contribution is -0.178. The zero-order valence-electron chi connectivity index (χ0n) is 21.1. The molecule has 4 aliphatic carbocycles. The number of hydrogen-bond acceptors (Lipinski definition) is 7. The van der Waals surface area contributed by atoms with Crippen molar-refractivity contribution in [2.24, 2.45) is 28.6 Å². The maximum Gasteiger partial charge on any atom is 0.412 e. The van der Waals surface area contributed by atoms with E-state index in [1.165, 1.54) is 0 Å². The van der Waals surface area contributed by atoms with Crippen LogP contribution >= 0.6 is 0 Å². The van der Waals surface area contributed by atoms with E-state index < -0.39 is 41.0 Å². The summed E-state index contributed by atoms with van der Waals surface area (Å²) in [5.74, 6) is -0.571. The summed E-state index contributed by atoms with van der Waals surface area (Å²) in [6.45, 7) is 3.38. The number of aliphatic hydroxyl groups is 2. The number of ketones is 2. The summed E-state index contributed by atoms with van der Waals surface area (Å²) in [5.41, 5.74) is -1.08. The SMILES string of the molecule is CC12C=CC(=O)C=C1CCC1C2[C@@H](O)CC2(C)C1CC[C@]2(O)C(=O)COC(=O)Nc1ccc(C#N)cc1. The molecule has 8 heteroatoms. The van der Waals surface area contributed by atoms with Crippen LogP contribution in [0.25, 0.3) is 0 Å². The molecule has 3 saturated carbocycles. The fraction of sp³-hybridized carbons (Fsp3) is 0.517. The number of aliphatic hydroxyl groups excluding tert-OH is 1. The molecule has 1 aromatic carbocycles. The van der Waals surface area contributed by atoms with Gasteiger partial charge in [0.2, 0.25) is 5.78 Å². The fourth-order valence-electron chi connectivity index (χ4n) is 7.82. The molecule has 5 unspecified atom stereocenters. The van der Waals surface area contributed by atoms with Crippen LogP contribution in [0, 0.1) is 39.9 Å². The van der Waals surface area contributed by atoms with Gasteiger partial charge in [0.05, 0.1) is 17.7 Å². The van der Waals surface area contributed by atoms with Crippen molar-refractivity contribution < 1.29 is 29.3 Å². The number of rotatable bonds is 4. The molecule has 5 rings (SSSR count). The monoisotopic (exact) mass is 504 g/mol. The number of carbonyl (C=O) groups is 3. The van der Waals surface area contributed by atoms with Gasteiger partial charge in [0.15, 0.2) is 12.4 Å². The smallest absolute Gasteiger partial charge is 0.412 e. The van der Waals surface area contributed by atoms with Crippen molar-refractivity contribution in [3.8, 4) is 6.07 Å². The lowest BCUT2D eigenvalue weighted by Gasteiger charge is -2.59. The van der Waals surface area contributed by atoms with Crippen LogP contribution in [0.1, 0.15) is 51.5 Å². The summed E-state index contributed by atoms with van der Waals surface area (Å²) in [6, 6.07) is 8.21. The van der Waals surface area contributed by atoms with Gasteiger partial charge in [-0.05, 0) is 80.4 Å². The number of benzene rings is 1. The molecule has 0 saturated heterocycles. The van der Waals surface area contributed by atoms with Crippen molar-refractivity contribution >= 4 is 23.3 Å². The van der Waals surface area contributed by atoms with Crippen molar-refractivity contribution in [2.75, 3.05) is 11.9 Å². The van der Waals surface area contributed by atoms with E-state index in [9.17, 15) is 24.6 Å². The van der Waals surface area contributed by atoms with Gasteiger partial charge < -0.3 is 14.9 Å². The Kier molecular flexibility index (Phi) is 6.12. The Morgan fingerprint density at radius 1 is 1.22 bits per heavy atom. The summed E-state index contributed by atoms with van der Waals surface area (Å²) >= 11 is 0. The Labute approximate surface area is 216 Å². The van der Waals surface area contributed by atoms with Crippen LogP contribution in [-0.2, 0) is 14.3 Å². The number of allylic oxidation sites excluding steroid dienone is 4. The van der Waals surface area contributed by atoms with Crippen molar-refractivity contribution in [1.82, 2.24) is 0 Å². The van der Waals surface area contributed by atoms with Gasteiger partial charge in [0.1, 0.15) is 5.60 Å². The minimum absolute atomic E-state index is 0.0201. The van der Waals surface area contributed by atoms with E-state index in [4.69, 9.17) is 10.00 Å². The number of Topliss-reactive ketones (excluding diaryl/α,β-unsaturated/α-hetero) is 1. The lowest BCUT2D eigenvalue weighted by atomic mass is 9.46. The standard InChI is InChI=1S/C29H32N2O6/c1-27-11-9-20(32)13-18(27)5-8-21-22-10-12-29(36,28(22,2)14-23(33)25(21)27)24(34)16-37-26(35)31-19-6-3-17(15-30)4-7-19/h3-4,6-7,9,11,13,21-23,25,33,36H,5,8,10,12,14,16H2,1-2H3,(H,31,35)/t21?,22?,23-,25?,27?,28?,29-/m0/s1. The first kappa shape index (κ1) is 25.4. The number of fused-ring (bicyclic) bond motifs is 5. The van der Waals surface area contributed by atoms with Crippen molar-refractivity contribution in [2.45, 2.75) is 57.7 Å². The molecule has 0 bridgehead atoms. The van der Waals surface area contributed by atoms with Crippen LogP contribution in [0.3, 0.4) is 0 Å². The molecule has 194 valence electrons. The number of nitriles is 1. The quantitative estimate of drug-likeness (QED) is 0.569. The molecule has 0 heterocycles. The zero-order chi connectivity index (χ0) is 26.6. The number of nitrogens with zero attached hydrogens (tertiary/aromatic N) is 1. The molecular formula is C29H32N2O6. The predicted octanol–water partition coefficient (Wildman–Crippen LogP) is 3.69. The number of amides is 1. The molecule has 0 aliphatic heterocycles. The normalized spacial score (nSPS) is 37.9. The van der Waals surface area contributed by atoms with Gasteiger partial charge in [-0.25, -0.2) is 4.79 Å². The summed E-state index contributed by atoms with van der Waals surface area (Å²) in [7, 11) is 0. The van der Waals surface area contributed by atoms with Crippen LogP contribution in [0.4, 0.5) is 10.5 Å². The Morgan fingerprint density at radius 3 is 2.65 bits per heavy atom. The van der Waals surface area contributed by atoms with E-state index >= 15 is 0 Å². The van der Waals surface area contributed by atoms with Crippen LogP contribution in [0.5, 0.6) is 0 Å². The highest BCUT2D eigenvalue weighted by Gasteiger charge is 2.68. The van der Waals surface area contributed by atoms with E-state index in [-0.39, 0.29) is 36.4 Å². The molecule has 8 nitrogen and oxygen atoms in total. The van der Waals surface area contributed by atoms with Crippen molar-refractivity contribution in [3.63, 3.8) is 0 Å². The van der Waals surface area contributed by atoms with Gasteiger partial charge in [0.25, 0.3) is 0 Å². The van der Waals surface area contributed by atoms with Gasteiger partial charge in [-0.1, -0.05) is 25.5 Å². The second-order valence-corrected chi connectivity index (χ2v) is 11.4. The third kappa shape index (κ3) is 3.92. The van der Waals surface area contributed by atoms with Gasteiger partial charge in [-0.15, -0.1) is 0 Å². The molecule has 7 atom stereocenters. The Hall–Kier alpha value is -3.28. The first-order valence-corrected chi connectivity index (χ1v) is 12.8. The summed E-state index contributed by atoms with van der Waals surface area (Å²) in [4.78, 5) is 37.6. The van der Waals surface area contributed by atoms with Crippen LogP contribution < -0.4 is 5.32 Å². The maximum absolute atomic E-state index is 13.3. The molecule has 0 radical (unpaired) electrons. The van der Waals surface area contributed by atoms with Gasteiger partial charge >= 0.3 is 6.09 Å². The van der Waals surface area contributed by atoms with Gasteiger partial charge in [-0.3, -0.25) is 14.9 Å². The molecule has 3 fully saturated rings. The Balaban J connectivity index is 1.30. The number of carbonyl (C=O) groups excluding carboxylic acids is 3. The maximum atomic E-state index is 13.3. The summed E-state index contributed by atoms with van der Waals surface area (Å²) in [6.07, 6.45) is 6.31. The Bertz CT molecular complexity index is 1250. The molecule has 3 N–H and O–H groups in total. The summed E-state index contributed by atoms with van der Waals surface area (Å²) < 4.78 is 5.16. The topological polar surface area (TPSA) is 137 Å². The van der Waals surface area contributed by atoms with E-state index in [2.05, 4.69) is 12.2 Å². The molecule has 0 aromatic heterocycles. The van der Waals surface area contributed by atoms with E-state index in [0.717, 1.165) is 18.4 Å². The predicted molar refractivity (Wildman–Crippen MR) is 134 cm³/mol. The van der Waals surface area contributed by atoms with Crippen LogP contribution in [0.2, 0.25) is 0 Å². The summed E-state index contributed by atoms with van der Waals surface area (Å²) in [5, 5.41) is 34.6. The average Bonchev–Trinajstić information content (AvgIpc) is 3.14. The highest BCUT2D eigenvalue weighted by atomic mass is 16.6. The van der Waals surface area contributed by atoms with Crippen molar-refractivity contribution in [1.29, 1.82) is 5.26 Å². The third-order valence-electron chi connectivity index (χ3n) is 9.70. The lowest BCUT2D eigenvalue weighted by Crippen LogP contribution is -2.61. The molecule has 1 aromatic rings. The van der Waals surface area contributed by atoms with E-state index in [1.54, 1.807) is 36.4 Å². The highest BCUT2D eigenvalue weighted by Crippen LogP contribution is 2.67. The van der Waals surface area contributed by atoms with Gasteiger partial charge in [-0.2, -0.15) is 5.26 Å². The largest absolute Gasteiger partial charge is 0.441 e. The molecule has 4 aliphatic rings. The second-order valence-electron chi connectivity index (χ2n) is 11.4. The van der Waals surface area contributed by atoms with Gasteiger partial charge in [0, 0.05) is 22.4 Å². The number of ether oxygens (including phenoxy) is 1. The average molecular weight is 505 g/mol. The van der Waals surface area contributed by atoms with E-state index in [0.29, 0.717) is 17.7 Å². The first-order chi connectivity index (χ1) is 17.5. The molecule has 0 spiro atoms. The highest BCUT2D eigenvalue weighted by molar-refractivity contribution is 6.01. The third-order valence-corrected chi connectivity index (χ3v) is 9.70. The fourth-order valence-corrected chi connectivity index (χ4v) is 7.82. The number of hydrogen-bond donors (Lipinski definition) is 3. The second kappa shape index (κ2) is 8.93. The van der Waals surface area contributed by atoms with E-state index in [1.807, 2.05) is 19.1 Å².